The molecule has 0 saturated heterocycles. The van der Waals surface area contributed by atoms with Crippen molar-refractivity contribution in [2.24, 2.45) is 0 Å². The summed E-state index contributed by atoms with van der Waals surface area (Å²) in [7, 11) is 1.45. The van der Waals surface area contributed by atoms with Gasteiger partial charge < -0.3 is 9.47 Å². The summed E-state index contributed by atoms with van der Waals surface area (Å²) in [5.41, 5.74) is 0.446. The zero-order valence-corrected chi connectivity index (χ0v) is 9.63. The van der Waals surface area contributed by atoms with Gasteiger partial charge in [-0.2, -0.15) is 0 Å². The first kappa shape index (κ1) is 13.1. The van der Waals surface area contributed by atoms with Gasteiger partial charge in [-0.15, -0.1) is 0 Å². The number of rotatable bonds is 5. The van der Waals surface area contributed by atoms with Crippen LogP contribution in [0.3, 0.4) is 0 Å². The summed E-state index contributed by atoms with van der Waals surface area (Å²) in [5, 5.41) is 10.8. The molecule has 1 rings (SSSR count). The van der Waals surface area contributed by atoms with E-state index in [0.29, 0.717) is 5.56 Å². The second kappa shape index (κ2) is 5.95. The number of nitro groups is 1. The Balaban J connectivity index is 3.09. The maximum Gasteiger partial charge on any atom is 0.338 e. The number of nitro benzene ring substituents is 1. The highest BCUT2D eigenvalue weighted by Crippen LogP contribution is 2.21. The van der Waals surface area contributed by atoms with Gasteiger partial charge in [0.25, 0.3) is 5.69 Å². The summed E-state index contributed by atoms with van der Waals surface area (Å²) in [6.45, 7) is 2.03. The highest BCUT2D eigenvalue weighted by Gasteiger charge is 2.17. The molecule has 0 aromatic heterocycles. The van der Waals surface area contributed by atoms with E-state index in [1.807, 2.05) is 0 Å². The van der Waals surface area contributed by atoms with Gasteiger partial charge in [0, 0.05) is 13.2 Å². The zero-order valence-electron chi connectivity index (χ0n) is 9.63. The Morgan fingerprint density at radius 1 is 1.47 bits per heavy atom. The second-order valence-corrected chi connectivity index (χ2v) is 3.25. The lowest BCUT2D eigenvalue weighted by atomic mass is 10.1. The molecule has 6 nitrogen and oxygen atoms in total. The third-order valence-corrected chi connectivity index (χ3v) is 2.09. The van der Waals surface area contributed by atoms with Crippen molar-refractivity contribution >= 4 is 11.7 Å². The molecule has 17 heavy (non-hydrogen) atoms. The van der Waals surface area contributed by atoms with Gasteiger partial charge in [0.05, 0.1) is 29.3 Å². The molecule has 0 aliphatic rings. The predicted molar refractivity (Wildman–Crippen MR) is 59.8 cm³/mol. The van der Waals surface area contributed by atoms with E-state index < -0.39 is 10.9 Å². The van der Waals surface area contributed by atoms with Crippen LogP contribution in [-0.4, -0.2) is 24.6 Å². The average molecular weight is 239 g/mol. The molecule has 1 aromatic carbocycles. The molecule has 1 aromatic rings. The maximum absolute atomic E-state index is 11.4. The third-order valence-electron chi connectivity index (χ3n) is 2.09. The van der Waals surface area contributed by atoms with E-state index in [4.69, 9.17) is 9.47 Å². The van der Waals surface area contributed by atoms with Gasteiger partial charge in [-0.3, -0.25) is 10.1 Å². The van der Waals surface area contributed by atoms with E-state index in [0.717, 1.165) is 0 Å². The maximum atomic E-state index is 11.4. The highest BCUT2D eigenvalue weighted by atomic mass is 16.6. The molecule has 0 radical (unpaired) electrons. The summed E-state index contributed by atoms with van der Waals surface area (Å²) in [6, 6.07) is 4.18. The Morgan fingerprint density at radius 3 is 2.71 bits per heavy atom. The Morgan fingerprint density at radius 2 is 2.18 bits per heavy atom. The molecular weight excluding hydrogens is 226 g/mol. The van der Waals surface area contributed by atoms with Crippen molar-refractivity contribution in [3.05, 3.63) is 39.4 Å². The van der Waals surface area contributed by atoms with Gasteiger partial charge in [-0.1, -0.05) is 0 Å². The van der Waals surface area contributed by atoms with E-state index in [9.17, 15) is 14.9 Å². The molecular formula is C11H13NO5. The number of nitrogens with zero attached hydrogens (tertiary/aromatic N) is 1. The molecule has 0 N–H and O–H groups in total. The van der Waals surface area contributed by atoms with Crippen molar-refractivity contribution in [1.82, 2.24) is 0 Å². The van der Waals surface area contributed by atoms with Gasteiger partial charge in [0.15, 0.2) is 0 Å². The van der Waals surface area contributed by atoms with E-state index in [1.54, 1.807) is 6.92 Å². The number of carbonyl (C=O) groups excluding carboxylic acids is 1. The number of carbonyl (C=O) groups is 1. The molecule has 0 fully saturated rings. The van der Waals surface area contributed by atoms with E-state index in [2.05, 4.69) is 0 Å². The summed E-state index contributed by atoms with van der Waals surface area (Å²) < 4.78 is 9.62. The van der Waals surface area contributed by atoms with Crippen molar-refractivity contribution in [3.8, 4) is 0 Å². The van der Waals surface area contributed by atoms with Crippen LogP contribution >= 0.6 is 0 Å². The normalized spacial score (nSPS) is 10.0. The molecule has 0 amide bonds. The lowest BCUT2D eigenvalue weighted by Crippen LogP contribution is -2.06. The number of methoxy groups -OCH3 is 1. The molecule has 6 heteroatoms. The van der Waals surface area contributed by atoms with E-state index >= 15 is 0 Å². The smallest absolute Gasteiger partial charge is 0.338 e. The fourth-order valence-electron chi connectivity index (χ4n) is 1.35. The number of benzene rings is 1. The first-order valence-electron chi connectivity index (χ1n) is 5.03. The number of hydrogen-bond acceptors (Lipinski definition) is 5. The molecule has 0 unspecified atom stereocenters. The summed E-state index contributed by atoms with van der Waals surface area (Å²) in [6.07, 6.45) is 0. The minimum atomic E-state index is -0.570. The van der Waals surface area contributed by atoms with Gasteiger partial charge in [-0.05, 0) is 19.1 Å². The van der Waals surface area contributed by atoms with Crippen LogP contribution in [-0.2, 0) is 16.1 Å². The summed E-state index contributed by atoms with van der Waals surface area (Å²) in [4.78, 5) is 21.7. The van der Waals surface area contributed by atoms with Crippen molar-refractivity contribution < 1.29 is 19.2 Å². The SMILES string of the molecule is CCOC(=O)c1ccc(COC)c([N+](=O)[O-])c1. The Kier molecular flexibility index (Phi) is 4.59. The monoisotopic (exact) mass is 239 g/mol. The number of ether oxygens (including phenoxy) is 2. The van der Waals surface area contributed by atoms with Crippen molar-refractivity contribution in [2.75, 3.05) is 13.7 Å². The van der Waals surface area contributed by atoms with Crippen LogP contribution in [0, 0.1) is 10.1 Å². The largest absolute Gasteiger partial charge is 0.462 e. The Labute approximate surface area is 98.3 Å². The van der Waals surface area contributed by atoms with Crippen LogP contribution in [0.15, 0.2) is 18.2 Å². The number of esters is 1. The molecule has 0 saturated carbocycles. The summed E-state index contributed by atoms with van der Waals surface area (Å²) in [5.74, 6) is -0.570. The standard InChI is InChI=1S/C11H13NO5/c1-3-17-11(13)8-4-5-9(7-16-2)10(6-8)12(14)15/h4-6H,3,7H2,1-2H3. The molecule has 0 heterocycles. The second-order valence-electron chi connectivity index (χ2n) is 3.25. The van der Waals surface area contributed by atoms with Crippen LogP contribution in [0.25, 0.3) is 0 Å². The van der Waals surface area contributed by atoms with Crippen LogP contribution < -0.4 is 0 Å². The fraction of sp³-hybridized carbons (Fsp3) is 0.364. The Bertz CT molecular complexity index is 430. The topological polar surface area (TPSA) is 78.7 Å². The van der Waals surface area contributed by atoms with Crippen LogP contribution in [0.2, 0.25) is 0 Å². The molecule has 0 aliphatic carbocycles. The number of hydrogen-bond donors (Lipinski definition) is 0. The van der Waals surface area contributed by atoms with Gasteiger partial charge in [0.1, 0.15) is 0 Å². The minimum Gasteiger partial charge on any atom is -0.462 e. The zero-order chi connectivity index (χ0) is 12.8. The highest BCUT2D eigenvalue weighted by molar-refractivity contribution is 5.90. The van der Waals surface area contributed by atoms with E-state index in [-0.39, 0.29) is 24.5 Å². The molecule has 0 aliphatic heterocycles. The lowest BCUT2D eigenvalue weighted by molar-refractivity contribution is -0.385. The Hall–Kier alpha value is -1.95. The van der Waals surface area contributed by atoms with Crippen LogP contribution in [0.5, 0.6) is 0 Å². The average Bonchev–Trinajstić information content (AvgIpc) is 2.30. The quantitative estimate of drug-likeness (QED) is 0.445. The van der Waals surface area contributed by atoms with Gasteiger partial charge in [-0.25, -0.2) is 4.79 Å². The van der Waals surface area contributed by atoms with Crippen molar-refractivity contribution in [2.45, 2.75) is 13.5 Å². The predicted octanol–water partition coefficient (Wildman–Crippen LogP) is 1.92. The van der Waals surface area contributed by atoms with Gasteiger partial charge in [0.2, 0.25) is 0 Å². The van der Waals surface area contributed by atoms with Crippen LogP contribution in [0.4, 0.5) is 5.69 Å². The van der Waals surface area contributed by atoms with Crippen LogP contribution in [0.1, 0.15) is 22.8 Å². The molecule has 0 atom stereocenters. The minimum absolute atomic E-state index is 0.124. The molecule has 0 bridgehead atoms. The first-order valence-corrected chi connectivity index (χ1v) is 5.03. The first-order chi connectivity index (χ1) is 8.10. The molecule has 92 valence electrons. The van der Waals surface area contributed by atoms with E-state index in [1.165, 1.54) is 25.3 Å². The van der Waals surface area contributed by atoms with Crippen molar-refractivity contribution in [1.29, 1.82) is 0 Å². The lowest BCUT2D eigenvalue weighted by Gasteiger charge is -2.05. The third kappa shape index (κ3) is 3.25. The van der Waals surface area contributed by atoms with Gasteiger partial charge >= 0.3 is 5.97 Å². The fourth-order valence-corrected chi connectivity index (χ4v) is 1.35. The summed E-state index contributed by atoms with van der Waals surface area (Å²) >= 11 is 0. The van der Waals surface area contributed by atoms with Crippen molar-refractivity contribution in [3.63, 3.8) is 0 Å². The molecule has 0 spiro atoms.